The Kier molecular flexibility index (Phi) is 7.59. The zero-order valence-electron chi connectivity index (χ0n) is 19.0. The minimum atomic E-state index is -1.06. The lowest BCUT2D eigenvalue weighted by Gasteiger charge is -2.38. The maximum atomic E-state index is 11.2. The molecule has 1 fully saturated rings. The molecule has 1 N–H and O–H groups in total. The van der Waals surface area contributed by atoms with E-state index in [0.29, 0.717) is 22.4 Å². The topological polar surface area (TPSA) is 55.8 Å². The van der Waals surface area contributed by atoms with Crippen LogP contribution in [0, 0.1) is 5.92 Å². The highest BCUT2D eigenvalue weighted by Crippen LogP contribution is 2.48. The molecule has 1 aliphatic rings. The molecule has 0 saturated carbocycles. The van der Waals surface area contributed by atoms with Crippen molar-refractivity contribution in [3.8, 4) is 5.75 Å². The second-order valence-electron chi connectivity index (χ2n) is 9.50. The number of rotatable bonds is 6. The van der Waals surface area contributed by atoms with Crippen LogP contribution in [-0.2, 0) is 14.9 Å². The van der Waals surface area contributed by atoms with Crippen molar-refractivity contribution in [2.24, 2.45) is 5.92 Å². The lowest BCUT2D eigenvalue weighted by molar-refractivity contribution is -0.139. The highest BCUT2D eigenvalue weighted by Gasteiger charge is 2.36. The molecule has 2 aromatic carbocycles. The van der Waals surface area contributed by atoms with E-state index in [1.54, 1.807) is 0 Å². The van der Waals surface area contributed by atoms with Gasteiger partial charge in [-0.15, -0.1) is 0 Å². The molecule has 1 heterocycles. The first-order valence-corrected chi connectivity index (χ1v) is 11.4. The molecule has 3 rings (SSSR count). The number of hydrogen-bond acceptors (Lipinski definition) is 3. The minimum absolute atomic E-state index is 0.0166. The van der Waals surface area contributed by atoms with E-state index in [1.165, 1.54) is 5.56 Å². The van der Waals surface area contributed by atoms with E-state index >= 15 is 0 Å². The predicted molar refractivity (Wildman–Crippen MR) is 129 cm³/mol. The van der Waals surface area contributed by atoms with Gasteiger partial charge in [0, 0.05) is 22.4 Å². The third-order valence-electron chi connectivity index (χ3n) is 5.94. The van der Waals surface area contributed by atoms with Crippen molar-refractivity contribution in [2.45, 2.75) is 51.6 Å². The molecule has 0 aromatic heterocycles. The molecule has 0 spiro atoms. The Morgan fingerprint density at radius 2 is 1.88 bits per heavy atom. The van der Waals surface area contributed by atoms with Gasteiger partial charge in [0.15, 0.2) is 6.61 Å². The van der Waals surface area contributed by atoms with Crippen LogP contribution >= 0.6 is 23.2 Å². The Bertz CT molecular complexity index is 992. The number of benzene rings is 2. The molecular weight excluding hydrogens is 447 g/mol. The fourth-order valence-electron chi connectivity index (χ4n) is 4.11. The summed E-state index contributed by atoms with van der Waals surface area (Å²) in [5, 5.41) is 10.2. The second kappa shape index (κ2) is 9.86. The molecule has 172 valence electrons. The van der Waals surface area contributed by atoms with Gasteiger partial charge in [-0.3, -0.25) is 0 Å². The van der Waals surface area contributed by atoms with Gasteiger partial charge in [-0.05, 0) is 54.2 Å². The smallest absolute Gasteiger partial charge is 0.341 e. The first kappa shape index (κ1) is 24.6. The van der Waals surface area contributed by atoms with Crippen LogP contribution in [0.25, 0.3) is 0 Å². The minimum Gasteiger partial charge on any atom is -0.480 e. The number of halogens is 2. The van der Waals surface area contributed by atoms with Gasteiger partial charge in [-0.1, -0.05) is 68.3 Å². The van der Waals surface area contributed by atoms with Crippen molar-refractivity contribution in [2.75, 3.05) is 13.2 Å². The van der Waals surface area contributed by atoms with Gasteiger partial charge in [0.2, 0.25) is 0 Å². The van der Waals surface area contributed by atoms with E-state index in [0.717, 1.165) is 23.1 Å². The van der Waals surface area contributed by atoms with E-state index in [-0.39, 0.29) is 23.4 Å². The summed E-state index contributed by atoms with van der Waals surface area (Å²) in [6.45, 7) is 12.6. The number of carboxylic acid groups (broad SMARTS) is 1. The predicted octanol–water partition coefficient (Wildman–Crippen LogP) is 7.19. The third-order valence-corrected chi connectivity index (χ3v) is 6.47. The van der Waals surface area contributed by atoms with Crippen molar-refractivity contribution in [1.82, 2.24) is 0 Å². The van der Waals surface area contributed by atoms with Crippen molar-refractivity contribution in [1.29, 1.82) is 0 Å². The number of aliphatic carboxylic acids is 1. The van der Waals surface area contributed by atoms with Crippen LogP contribution < -0.4 is 4.74 Å². The van der Waals surface area contributed by atoms with E-state index in [9.17, 15) is 4.79 Å². The van der Waals surface area contributed by atoms with Crippen molar-refractivity contribution >= 4 is 29.2 Å². The Morgan fingerprint density at radius 3 is 2.44 bits per heavy atom. The fraction of sp³-hybridized carbons (Fsp3) is 0.423. The SMILES string of the molecule is C=C(C)[C@@H]1C[C@H](c2ccc(Cl)cc2)CO[C@H]1c1cc(C(C)(C)C)cc(Cl)c1OCC(=O)O. The lowest BCUT2D eigenvalue weighted by atomic mass is 9.77. The van der Waals surface area contributed by atoms with Crippen LogP contribution in [0.1, 0.15) is 62.8 Å². The molecule has 2 aromatic rings. The highest BCUT2D eigenvalue weighted by molar-refractivity contribution is 6.32. The molecule has 3 atom stereocenters. The van der Waals surface area contributed by atoms with Gasteiger partial charge in [0.05, 0.1) is 17.7 Å². The van der Waals surface area contributed by atoms with E-state index in [2.05, 4.69) is 27.4 Å². The van der Waals surface area contributed by atoms with Gasteiger partial charge in [-0.25, -0.2) is 4.79 Å². The Hall–Kier alpha value is -2.01. The average Bonchev–Trinajstić information content (AvgIpc) is 2.71. The van der Waals surface area contributed by atoms with Gasteiger partial charge in [0.1, 0.15) is 5.75 Å². The summed E-state index contributed by atoms with van der Waals surface area (Å²) in [5.74, 6) is -0.475. The third kappa shape index (κ3) is 5.67. The zero-order valence-corrected chi connectivity index (χ0v) is 20.5. The molecule has 0 aliphatic carbocycles. The number of hydrogen-bond donors (Lipinski definition) is 1. The Labute approximate surface area is 200 Å². The van der Waals surface area contributed by atoms with Crippen LogP contribution in [-0.4, -0.2) is 24.3 Å². The Morgan fingerprint density at radius 1 is 1.22 bits per heavy atom. The number of carboxylic acids is 1. The molecular formula is C26H30Cl2O4. The number of carbonyl (C=O) groups is 1. The first-order valence-electron chi connectivity index (χ1n) is 10.7. The Balaban J connectivity index is 2.01. The van der Waals surface area contributed by atoms with Gasteiger partial charge in [0.25, 0.3) is 0 Å². The monoisotopic (exact) mass is 476 g/mol. The summed E-state index contributed by atoms with van der Waals surface area (Å²) in [6, 6.07) is 11.7. The molecule has 4 nitrogen and oxygen atoms in total. The van der Waals surface area contributed by atoms with Crippen LogP contribution in [0.4, 0.5) is 0 Å². The van der Waals surface area contributed by atoms with E-state index < -0.39 is 12.6 Å². The summed E-state index contributed by atoms with van der Waals surface area (Å²) >= 11 is 12.7. The normalized spacial score (nSPS) is 21.2. The summed E-state index contributed by atoms with van der Waals surface area (Å²) in [5.41, 5.74) is 3.82. The van der Waals surface area contributed by atoms with Crippen LogP contribution in [0.3, 0.4) is 0 Å². The van der Waals surface area contributed by atoms with Crippen molar-refractivity contribution in [3.05, 3.63) is 75.3 Å². The maximum absolute atomic E-state index is 11.2. The maximum Gasteiger partial charge on any atom is 0.341 e. The fourth-order valence-corrected chi connectivity index (χ4v) is 4.52. The summed E-state index contributed by atoms with van der Waals surface area (Å²) < 4.78 is 12.1. The van der Waals surface area contributed by atoms with E-state index in [4.69, 9.17) is 37.8 Å². The molecule has 1 saturated heterocycles. The summed E-state index contributed by atoms with van der Waals surface area (Å²) in [7, 11) is 0. The molecule has 6 heteroatoms. The molecule has 0 bridgehead atoms. The van der Waals surface area contributed by atoms with E-state index in [1.807, 2.05) is 43.3 Å². The van der Waals surface area contributed by atoms with Crippen molar-refractivity contribution in [3.63, 3.8) is 0 Å². The quantitative estimate of drug-likeness (QED) is 0.448. The van der Waals surface area contributed by atoms with Crippen LogP contribution in [0.2, 0.25) is 10.0 Å². The van der Waals surface area contributed by atoms with Crippen molar-refractivity contribution < 1.29 is 19.4 Å². The van der Waals surface area contributed by atoms with Gasteiger partial charge >= 0.3 is 5.97 Å². The standard InChI is InChI=1S/C26H30Cl2O4/c1-15(2)20-10-17(16-6-8-19(27)9-7-16)13-31-24(20)21-11-18(26(3,4)5)12-22(28)25(21)32-14-23(29)30/h6-9,11-12,17,20,24H,1,10,13-14H2,2-5H3,(H,29,30)/t17-,20-,24+/m0/s1. The first-order chi connectivity index (χ1) is 15.0. The second-order valence-corrected chi connectivity index (χ2v) is 10.3. The van der Waals surface area contributed by atoms with Gasteiger partial charge < -0.3 is 14.6 Å². The highest BCUT2D eigenvalue weighted by atomic mass is 35.5. The molecule has 0 unspecified atom stereocenters. The van der Waals surface area contributed by atoms with Crippen LogP contribution in [0.15, 0.2) is 48.6 Å². The molecule has 1 aliphatic heterocycles. The number of ether oxygens (including phenoxy) is 2. The molecule has 32 heavy (non-hydrogen) atoms. The summed E-state index contributed by atoms with van der Waals surface area (Å²) in [6.07, 6.45) is 0.511. The summed E-state index contributed by atoms with van der Waals surface area (Å²) in [4.78, 5) is 11.2. The molecule has 0 radical (unpaired) electrons. The van der Waals surface area contributed by atoms with Gasteiger partial charge in [-0.2, -0.15) is 0 Å². The lowest BCUT2D eigenvalue weighted by Crippen LogP contribution is -2.29. The molecule has 0 amide bonds. The zero-order chi connectivity index (χ0) is 23.6. The van der Waals surface area contributed by atoms with Crippen LogP contribution in [0.5, 0.6) is 5.75 Å². The largest absolute Gasteiger partial charge is 0.480 e. The average molecular weight is 477 g/mol.